The second-order valence-electron chi connectivity index (χ2n) is 9.39. The lowest BCUT2D eigenvalue weighted by Gasteiger charge is -2.24. The lowest BCUT2D eigenvalue weighted by Crippen LogP contribution is -2.28. The van der Waals surface area contributed by atoms with E-state index in [0.29, 0.717) is 50.6 Å². The number of amides is 1. The highest BCUT2D eigenvalue weighted by molar-refractivity contribution is 5.98. The summed E-state index contributed by atoms with van der Waals surface area (Å²) in [5.41, 5.74) is 5.39. The maximum atomic E-state index is 15.2. The molecule has 3 N–H and O–H groups in total. The summed E-state index contributed by atoms with van der Waals surface area (Å²) in [6.45, 7) is 0. The zero-order valence-corrected chi connectivity index (χ0v) is 20.1. The van der Waals surface area contributed by atoms with Crippen LogP contribution in [0, 0.1) is 11.7 Å². The number of halogens is 1. The van der Waals surface area contributed by atoms with Gasteiger partial charge in [0.2, 0.25) is 5.91 Å². The van der Waals surface area contributed by atoms with Gasteiger partial charge in [0.15, 0.2) is 11.6 Å². The molecule has 6 aromatic rings. The minimum atomic E-state index is -0.476. The molecular formula is C28H21FN8O. The molecule has 7 rings (SSSR count). The Hall–Kier alpha value is -4.99. The quantitative estimate of drug-likeness (QED) is 0.285. The van der Waals surface area contributed by atoms with E-state index in [-0.39, 0.29) is 17.3 Å². The molecule has 1 aliphatic carbocycles. The third kappa shape index (κ3) is 3.78. The minimum Gasteiger partial charge on any atom is -0.337 e. The van der Waals surface area contributed by atoms with Crippen molar-refractivity contribution in [1.29, 1.82) is 0 Å². The summed E-state index contributed by atoms with van der Waals surface area (Å²) in [6, 6.07) is 12.5. The van der Waals surface area contributed by atoms with E-state index in [2.05, 4.69) is 35.5 Å². The molecule has 0 saturated heterocycles. The van der Waals surface area contributed by atoms with Crippen molar-refractivity contribution in [1.82, 2.24) is 35.1 Å². The normalized spacial score (nSPS) is 13.6. The van der Waals surface area contributed by atoms with Gasteiger partial charge in [-0.3, -0.25) is 24.8 Å². The molecule has 1 fully saturated rings. The molecule has 5 heterocycles. The Kier molecular flexibility index (Phi) is 5.17. The lowest BCUT2D eigenvalue weighted by atomic mass is 9.85. The number of benzene rings is 1. The molecule has 9 nitrogen and oxygen atoms in total. The summed E-state index contributed by atoms with van der Waals surface area (Å²) in [5.74, 6) is 0.0799. The van der Waals surface area contributed by atoms with Crippen molar-refractivity contribution in [3.63, 3.8) is 0 Å². The summed E-state index contributed by atoms with van der Waals surface area (Å²) >= 11 is 0. The molecule has 0 unspecified atom stereocenters. The highest BCUT2D eigenvalue weighted by atomic mass is 19.1. The topological polar surface area (TPSA) is 125 Å². The van der Waals surface area contributed by atoms with E-state index < -0.39 is 5.82 Å². The first kappa shape index (κ1) is 22.2. The molecule has 0 atom stereocenters. The molecule has 186 valence electrons. The number of nitrogens with one attached hydrogen (secondary N) is 3. The molecule has 5 aromatic heterocycles. The van der Waals surface area contributed by atoms with Gasteiger partial charge in [0.05, 0.1) is 23.1 Å². The van der Waals surface area contributed by atoms with Gasteiger partial charge in [-0.15, -0.1) is 0 Å². The van der Waals surface area contributed by atoms with Crippen LogP contribution in [0.15, 0.2) is 67.3 Å². The third-order valence-electron chi connectivity index (χ3n) is 6.97. The van der Waals surface area contributed by atoms with E-state index in [9.17, 15) is 4.79 Å². The van der Waals surface area contributed by atoms with Crippen LogP contribution in [0.3, 0.4) is 0 Å². The smallest absolute Gasteiger partial charge is 0.227 e. The molecule has 1 saturated carbocycles. The number of H-pyrrole nitrogens is 2. The second kappa shape index (κ2) is 8.84. The van der Waals surface area contributed by atoms with Gasteiger partial charge in [0, 0.05) is 35.5 Å². The average molecular weight is 505 g/mol. The van der Waals surface area contributed by atoms with Gasteiger partial charge in [0.25, 0.3) is 0 Å². The number of aromatic nitrogens is 7. The van der Waals surface area contributed by atoms with Crippen LogP contribution in [-0.2, 0) is 4.79 Å². The van der Waals surface area contributed by atoms with Crippen LogP contribution in [0.25, 0.3) is 56.0 Å². The van der Waals surface area contributed by atoms with Crippen molar-refractivity contribution in [3.8, 4) is 34.0 Å². The third-order valence-corrected chi connectivity index (χ3v) is 6.97. The zero-order valence-electron chi connectivity index (χ0n) is 20.1. The standard InChI is InChI=1S/C28H21FN8O/c29-20-12-16(17-10-18(14-30-13-17)33-28(38)15-4-3-5-15)11-19-23(20)36-37-24(19)27-34-22-7-9-32-25(26(22)35-27)21-6-1-2-8-31-21/h1-2,6-15H,3-5H2,(H,33,38)(H,34,35)(H,36,37). The zero-order chi connectivity index (χ0) is 25.6. The van der Waals surface area contributed by atoms with Gasteiger partial charge in [-0.1, -0.05) is 12.5 Å². The second-order valence-corrected chi connectivity index (χ2v) is 9.39. The molecule has 38 heavy (non-hydrogen) atoms. The van der Waals surface area contributed by atoms with E-state index >= 15 is 4.39 Å². The summed E-state index contributed by atoms with van der Waals surface area (Å²) in [4.78, 5) is 33.6. The highest BCUT2D eigenvalue weighted by Crippen LogP contribution is 2.34. The monoisotopic (exact) mass is 504 g/mol. The van der Waals surface area contributed by atoms with Gasteiger partial charge in [-0.05, 0) is 54.8 Å². The van der Waals surface area contributed by atoms with Crippen LogP contribution in [0.1, 0.15) is 19.3 Å². The average Bonchev–Trinajstić information content (AvgIpc) is 3.52. The molecule has 0 aliphatic heterocycles. The number of pyridine rings is 3. The number of anilines is 1. The van der Waals surface area contributed by atoms with Gasteiger partial charge in [-0.25, -0.2) is 9.37 Å². The first-order chi connectivity index (χ1) is 18.6. The number of carbonyl (C=O) groups excluding carboxylic acids is 1. The summed E-state index contributed by atoms with van der Waals surface area (Å²) in [5, 5.41) is 10.6. The number of fused-ring (bicyclic) bond motifs is 2. The Balaban J connectivity index is 1.29. The van der Waals surface area contributed by atoms with Crippen LogP contribution >= 0.6 is 0 Å². The molecule has 10 heteroatoms. The largest absolute Gasteiger partial charge is 0.337 e. The van der Waals surface area contributed by atoms with Crippen molar-refractivity contribution in [2.24, 2.45) is 5.92 Å². The fourth-order valence-electron chi connectivity index (χ4n) is 4.75. The molecular weight excluding hydrogens is 483 g/mol. The van der Waals surface area contributed by atoms with Gasteiger partial charge in [-0.2, -0.15) is 5.10 Å². The van der Waals surface area contributed by atoms with E-state index in [4.69, 9.17) is 4.98 Å². The minimum absolute atomic E-state index is 0.00148. The fourth-order valence-corrected chi connectivity index (χ4v) is 4.75. The predicted octanol–water partition coefficient (Wildman–Crippen LogP) is 5.50. The highest BCUT2D eigenvalue weighted by Gasteiger charge is 2.25. The SMILES string of the molecule is O=C(Nc1cncc(-c2cc(F)c3n[nH]c(-c4nc5c(-c6ccccn6)nccc5[nH]4)c3c2)c1)C1CCC1. The van der Waals surface area contributed by atoms with Crippen molar-refractivity contribution in [3.05, 3.63) is 73.1 Å². The first-order valence-electron chi connectivity index (χ1n) is 12.3. The van der Waals surface area contributed by atoms with Crippen molar-refractivity contribution < 1.29 is 9.18 Å². The molecule has 0 radical (unpaired) electrons. The maximum absolute atomic E-state index is 15.2. The number of carbonyl (C=O) groups is 1. The Morgan fingerprint density at radius 3 is 2.74 bits per heavy atom. The fraction of sp³-hybridized carbons (Fsp3) is 0.143. The van der Waals surface area contributed by atoms with Crippen LogP contribution in [0.5, 0.6) is 0 Å². The molecule has 1 aromatic carbocycles. The first-order valence-corrected chi connectivity index (χ1v) is 12.3. The molecule has 0 spiro atoms. The number of aromatic amines is 2. The summed E-state index contributed by atoms with van der Waals surface area (Å²) in [6.07, 6.45) is 9.54. The lowest BCUT2D eigenvalue weighted by molar-refractivity contribution is -0.122. The van der Waals surface area contributed by atoms with Crippen LogP contribution in [-0.4, -0.2) is 41.0 Å². The van der Waals surface area contributed by atoms with Gasteiger partial charge < -0.3 is 10.3 Å². The summed E-state index contributed by atoms with van der Waals surface area (Å²) < 4.78 is 15.2. The number of hydrogen-bond donors (Lipinski definition) is 3. The number of rotatable bonds is 5. The van der Waals surface area contributed by atoms with Crippen molar-refractivity contribution in [2.45, 2.75) is 19.3 Å². The number of hydrogen-bond acceptors (Lipinski definition) is 6. The van der Waals surface area contributed by atoms with Crippen LogP contribution in [0.2, 0.25) is 0 Å². The molecule has 0 bridgehead atoms. The maximum Gasteiger partial charge on any atom is 0.227 e. The Morgan fingerprint density at radius 2 is 1.92 bits per heavy atom. The molecule has 1 amide bonds. The Labute approximate surface area is 215 Å². The Bertz CT molecular complexity index is 1820. The van der Waals surface area contributed by atoms with Gasteiger partial charge >= 0.3 is 0 Å². The predicted molar refractivity (Wildman–Crippen MR) is 141 cm³/mol. The number of imidazole rings is 1. The van der Waals surface area contributed by atoms with E-state index in [0.717, 1.165) is 24.8 Å². The number of nitrogens with zero attached hydrogens (tertiary/aromatic N) is 5. The van der Waals surface area contributed by atoms with E-state index in [1.54, 1.807) is 30.9 Å². The Morgan fingerprint density at radius 1 is 1.00 bits per heavy atom. The van der Waals surface area contributed by atoms with Gasteiger partial charge in [0.1, 0.15) is 22.4 Å². The summed E-state index contributed by atoms with van der Waals surface area (Å²) in [7, 11) is 0. The molecule has 1 aliphatic rings. The van der Waals surface area contributed by atoms with Crippen LogP contribution < -0.4 is 5.32 Å². The van der Waals surface area contributed by atoms with Crippen LogP contribution in [0.4, 0.5) is 10.1 Å². The van der Waals surface area contributed by atoms with Crippen molar-refractivity contribution >= 4 is 33.5 Å². The van der Waals surface area contributed by atoms with E-state index in [1.165, 1.54) is 6.07 Å². The van der Waals surface area contributed by atoms with Crippen molar-refractivity contribution in [2.75, 3.05) is 5.32 Å². The van der Waals surface area contributed by atoms with E-state index in [1.807, 2.05) is 30.3 Å².